The molecule has 1 atom stereocenters. The lowest BCUT2D eigenvalue weighted by molar-refractivity contribution is 0.0975. The summed E-state index contributed by atoms with van der Waals surface area (Å²) in [5.74, 6) is 1.57. The maximum atomic E-state index is 13.3. The zero-order valence-corrected chi connectivity index (χ0v) is 17.3. The van der Waals surface area contributed by atoms with Gasteiger partial charge in [0.05, 0.1) is 12.1 Å². The normalized spacial score (nSPS) is 16.9. The number of hydrogen-bond donors (Lipinski definition) is 3. The Morgan fingerprint density at radius 2 is 2.10 bits per heavy atom. The number of nitrogens with zero attached hydrogens (tertiary/aromatic N) is 3. The van der Waals surface area contributed by atoms with Crippen LogP contribution in [0.1, 0.15) is 49.2 Å². The van der Waals surface area contributed by atoms with E-state index in [-0.39, 0.29) is 30.9 Å². The Morgan fingerprint density at radius 1 is 1.30 bits per heavy atom. The lowest BCUT2D eigenvalue weighted by Crippen LogP contribution is -2.42. The summed E-state index contributed by atoms with van der Waals surface area (Å²) in [7, 11) is 0. The van der Waals surface area contributed by atoms with Crippen LogP contribution in [-0.4, -0.2) is 46.5 Å². The lowest BCUT2D eigenvalue weighted by atomic mass is 9.95. The number of unbranched alkanes of at least 4 members (excludes halogenated alkanes) is 1. The van der Waals surface area contributed by atoms with Crippen LogP contribution >= 0.6 is 0 Å². The lowest BCUT2D eigenvalue weighted by Gasteiger charge is -2.33. The van der Waals surface area contributed by atoms with E-state index in [1.54, 1.807) is 17.0 Å². The Morgan fingerprint density at radius 3 is 2.87 bits per heavy atom. The topological polar surface area (TPSA) is 123 Å². The third-order valence-corrected chi connectivity index (χ3v) is 5.58. The number of aliphatic hydroxyl groups excluding tert-OH is 1. The molecule has 160 valence electrons. The van der Waals surface area contributed by atoms with Gasteiger partial charge in [0.2, 0.25) is 12.7 Å². The van der Waals surface area contributed by atoms with E-state index >= 15 is 0 Å². The third-order valence-electron chi connectivity index (χ3n) is 5.58. The molecule has 3 heterocycles. The van der Waals surface area contributed by atoms with Crippen molar-refractivity contribution >= 4 is 23.4 Å². The fourth-order valence-corrected chi connectivity index (χ4v) is 3.80. The van der Waals surface area contributed by atoms with Gasteiger partial charge in [0.25, 0.3) is 5.91 Å². The molecule has 2 aliphatic heterocycles. The fraction of sp³-hybridized carbons (Fsp3) is 0.476. The SMILES string of the molecule is CCCCC(C)(CO)Nc1nc(N)nc2c1CCN(c1ccc3c(c1)OCO3)C2=O. The van der Waals surface area contributed by atoms with Crippen molar-refractivity contribution in [3.05, 3.63) is 29.5 Å². The molecule has 1 aromatic heterocycles. The number of nitrogen functional groups attached to an aromatic ring is 1. The molecule has 0 radical (unpaired) electrons. The summed E-state index contributed by atoms with van der Waals surface area (Å²) in [6.07, 6.45) is 3.32. The molecule has 0 saturated heterocycles. The number of amides is 1. The Labute approximate surface area is 175 Å². The molecule has 30 heavy (non-hydrogen) atoms. The first-order chi connectivity index (χ1) is 14.4. The fourth-order valence-electron chi connectivity index (χ4n) is 3.80. The summed E-state index contributed by atoms with van der Waals surface area (Å²) in [4.78, 5) is 23.5. The summed E-state index contributed by atoms with van der Waals surface area (Å²) in [6.45, 7) is 4.64. The minimum Gasteiger partial charge on any atom is -0.454 e. The summed E-state index contributed by atoms with van der Waals surface area (Å²) in [5, 5.41) is 13.3. The molecule has 0 spiro atoms. The monoisotopic (exact) mass is 413 g/mol. The molecule has 4 rings (SSSR count). The van der Waals surface area contributed by atoms with Gasteiger partial charge < -0.3 is 30.5 Å². The number of ether oxygens (including phenoxy) is 2. The number of nitrogens with two attached hydrogens (primary N) is 1. The number of benzene rings is 1. The first-order valence-electron chi connectivity index (χ1n) is 10.2. The van der Waals surface area contributed by atoms with Crippen LogP contribution in [0.5, 0.6) is 11.5 Å². The number of anilines is 3. The van der Waals surface area contributed by atoms with E-state index < -0.39 is 5.54 Å². The zero-order chi connectivity index (χ0) is 21.3. The van der Waals surface area contributed by atoms with Crippen molar-refractivity contribution in [1.82, 2.24) is 9.97 Å². The second-order valence-corrected chi connectivity index (χ2v) is 7.95. The Balaban J connectivity index is 1.64. The quantitative estimate of drug-likeness (QED) is 0.632. The Kier molecular flexibility index (Phi) is 5.38. The number of hydrogen-bond acceptors (Lipinski definition) is 8. The molecule has 9 heteroatoms. The van der Waals surface area contributed by atoms with Crippen molar-refractivity contribution in [3.8, 4) is 11.5 Å². The van der Waals surface area contributed by atoms with Crippen molar-refractivity contribution < 1.29 is 19.4 Å². The van der Waals surface area contributed by atoms with Crippen molar-refractivity contribution in [3.63, 3.8) is 0 Å². The smallest absolute Gasteiger partial charge is 0.277 e. The maximum absolute atomic E-state index is 13.3. The van der Waals surface area contributed by atoms with E-state index in [0.717, 1.165) is 24.8 Å². The second-order valence-electron chi connectivity index (χ2n) is 7.95. The van der Waals surface area contributed by atoms with Gasteiger partial charge in [0, 0.05) is 23.9 Å². The predicted octanol–water partition coefficient (Wildman–Crippen LogP) is 2.34. The maximum Gasteiger partial charge on any atom is 0.277 e. The van der Waals surface area contributed by atoms with Crippen LogP contribution in [0.3, 0.4) is 0 Å². The van der Waals surface area contributed by atoms with Crippen LogP contribution in [0, 0.1) is 0 Å². The number of carbonyl (C=O) groups excluding carboxylic acids is 1. The molecule has 2 aromatic rings. The third kappa shape index (κ3) is 3.72. The number of carbonyl (C=O) groups is 1. The van der Waals surface area contributed by atoms with Crippen LogP contribution in [0.2, 0.25) is 0 Å². The standard InChI is InChI=1S/C21H27N5O4/c1-3-4-8-21(2,11-27)25-18-14-7-9-26(19(28)17(14)23-20(22)24-18)13-5-6-15-16(10-13)30-12-29-15/h5-6,10,27H,3-4,7-9,11-12H2,1-2H3,(H3,22,23,24,25). The van der Waals surface area contributed by atoms with Crippen LogP contribution < -0.4 is 25.4 Å². The predicted molar refractivity (Wildman–Crippen MR) is 113 cm³/mol. The van der Waals surface area contributed by atoms with E-state index in [1.165, 1.54) is 0 Å². The van der Waals surface area contributed by atoms with Crippen LogP contribution in [0.15, 0.2) is 18.2 Å². The highest BCUT2D eigenvalue weighted by Crippen LogP contribution is 2.37. The molecule has 4 N–H and O–H groups in total. The number of fused-ring (bicyclic) bond motifs is 2. The largest absolute Gasteiger partial charge is 0.454 e. The highest BCUT2D eigenvalue weighted by Gasteiger charge is 2.33. The molecule has 0 aliphatic carbocycles. The van der Waals surface area contributed by atoms with Gasteiger partial charge in [-0.25, -0.2) is 4.98 Å². The molecule has 9 nitrogen and oxygen atoms in total. The number of nitrogens with one attached hydrogen (secondary N) is 1. The van der Waals surface area contributed by atoms with Gasteiger partial charge in [-0.3, -0.25) is 4.79 Å². The van der Waals surface area contributed by atoms with Gasteiger partial charge in [-0.1, -0.05) is 19.8 Å². The van der Waals surface area contributed by atoms with Gasteiger partial charge in [0.15, 0.2) is 11.5 Å². The number of rotatable bonds is 7. The molecule has 0 fully saturated rings. The first kappa shape index (κ1) is 20.2. The molecule has 0 saturated carbocycles. The van der Waals surface area contributed by atoms with Crippen LogP contribution in [0.25, 0.3) is 0 Å². The zero-order valence-electron chi connectivity index (χ0n) is 17.3. The minimum absolute atomic E-state index is 0.0212. The van der Waals surface area contributed by atoms with E-state index in [1.807, 2.05) is 13.0 Å². The molecule has 1 unspecified atom stereocenters. The summed E-state index contributed by atoms with van der Waals surface area (Å²) in [5.41, 5.74) is 7.10. The molecule has 2 aliphatic rings. The van der Waals surface area contributed by atoms with Crippen LogP contribution in [0.4, 0.5) is 17.5 Å². The average molecular weight is 413 g/mol. The summed E-state index contributed by atoms with van der Waals surface area (Å²) >= 11 is 0. The van der Waals surface area contributed by atoms with Gasteiger partial charge in [-0.05, 0) is 31.9 Å². The van der Waals surface area contributed by atoms with Crippen molar-refractivity contribution in [2.45, 2.75) is 45.1 Å². The molecular formula is C21H27N5O4. The van der Waals surface area contributed by atoms with Gasteiger partial charge in [-0.15, -0.1) is 0 Å². The summed E-state index contributed by atoms with van der Waals surface area (Å²) in [6, 6.07) is 5.42. The molecular weight excluding hydrogens is 386 g/mol. The van der Waals surface area contributed by atoms with E-state index in [0.29, 0.717) is 36.0 Å². The van der Waals surface area contributed by atoms with Gasteiger partial charge in [0.1, 0.15) is 11.5 Å². The minimum atomic E-state index is -0.553. The molecule has 1 amide bonds. The molecule has 1 aromatic carbocycles. The van der Waals surface area contributed by atoms with E-state index in [2.05, 4.69) is 22.2 Å². The molecule has 0 bridgehead atoms. The summed E-state index contributed by atoms with van der Waals surface area (Å²) < 4.78 is 10.8. The van der Waals surface area contributed by atoms with Crippen LogP contribution in [-0.2, 0) is 6.42 Å². The van der Waals surface area contributed by atoms with Crippen molar-refractivity contribution in [2.24, 2.45) is 0 Å². The average Bonchev–Trinajstić information content (AvgIpc) is 3.21. The van der Waals surface area contributed by atoms with Gasteiger partial charge in [-0.2, -0.15) is 4.98 Å². The number of aliphatic hydroxyl groups is 1. The van der Waals surface area contributed by atoms with Crippen molar-refractivity contribution in [2.75, 3.05) is 35.9 Å². The Hall–Kier alpha value is -3.07. The Bertz CT molecular complexity index is 967. The first-order valence-corrected chi connectivity index (χ1v) is 10.2. The van der Waals surface area contributed by atoms with E-state index in [4.69, 9.17) is 15.2 Å². The number of aromatic nitrogens is 2. The van der Waals surface area contributed by atoms with Gasteiger partial charge >= 0.3 is 0 Å². The second kappa shape index (κ2) is 7.98. The van der Waals surface area contributed by atoms with Crippen molar-refractivity contribution in [1.29, 1.82) is 0 Å². The highest BCUT2D eigenvalue weighted by molar-refractivity contribution is 6.07. The van der Waals surface area contributed by atoms with E-state index in [9.17, 15) is 9.90 Å². The highest BCUT2D eigenvalue weighted by atomic mass is 16.7.